The fraction of sp³-hybridized carbons (Fsp3) is 0.250. The average Bonchev–Trinajstić information content (AvgIpc) is 2.69. The number of primary amides is 1. The van der Waals surface area contributed by atoms with Gasteiger partial charge in [-0.2, -0.15) is 0 Å². The first-order valence-corrected chi connectivity index (χ1v) is 8.75. The van der Waals surface area contributed by atoms with Crippen LogP contribution in [0.4, 0.5) is 5.69 Å². The van der Waals surface area contributed by atoms with E-state index in [1.165, 1.54) is 4.90 Å². The maximum absolute atomic E-state index is 12.3. The molecule has 3 N–H and O–H groups in total. The zero-order valence-corrected chi connectivity index (χ0v) is 14.8. The van der Waals surface area contributed by atoms with Crippen molar-refractivity contribution < 1.29 is 19.1 Å². The number of rotatable bonds is 4. The van der Waals surface area contributed by atoms with Gasteiger partial charge in [0.05, 0.1) is 0 Å². The van der Waals surface area contributed by atoms with Gasteiger partial charge in [0.15, 0.2) is 0 Å². The van der Waals surface area contributed by atoms with Crippen LogP contribution in [0.3, 0.4) is 0 Å². The highest BCUT2D eigenvalue weighted by Gasteiger charge is 2.29. The van der Waals surface area contributed by atoms with Crippen molar-refractivity contribution in [1.82, 2.24) is 4.90 Å². The molecule has 0 bridgehead atoms. The first kappa shape index (κ1) is 18.4. The van der Waals surface area contributed by atoms with Crippen molar-refractivity contribution in [3.63, 3.8) is 0 Å². The van der Waals surface area contributed by atoms with Crippen LogP contribution in [-0.2, 0) is 14.4 Å². The highest BCUT2D eigenvalue weighted by atomic mass is 16.5. The minimum atomic E-state index is -0.704. The largest absolute Gasteiger partial charge is 0.457 e. The van der Waals surface area contributed by atoms with Crippen LogP contribution in [0.25, 0.3) is 0 Å². The van der Waals surface area contributed by atoms with Crippen molar-refractivity contribution >= 4 is 23.4 Å². The van der Waals surface area contributed by atoms with Gasteiger partial charge in [-0.05, 0) is 49.2 Å². The second-order valence-corrected chi connectivity index (χ2v) is 6.36. The summed E-state index contributed by atoms with van der Waals surface area (Å²) in [5.74, 6) is -0.562. The van der Waals surface area contributed by atoms with Gasteiger partial charge in [-0.3, -0.25) is 14.4 Å². The summed E-state index contributed by atoms with van der Waals surface area (Å²) in [6.07, 6.45) is 0.972. The zero-order valence-electron chi connectivity index (χ0n) is 14.8. The minimum Gasteiger partial charge on any atom is -0.457 e. The molecule has 140 valence electrons. The Hall–Kier alpha value is -3.35. The van der Waals surface area contributed by atoms with E-state index in [1.54, 1.807) is 24.3 Å². The lowest BCUT2D eigenvalue weighted by atomic mass is 9.96. The topological polar surface area (TPSA) is 102 Å². The molecule has 1 heterocycles. The number of nitrogens with zero attached hydrogens (tertiary/aromatic N) is 1. The Morgan fingerprint density at radius 3 is 2.11 bits per heavy atom. The molecule has 0 spiro atoms. The highest BCUT2D eigenvalue weighted by Crippen LogP contribution is 2.23. The molecule has 1 fully saturated rings. The van der Waals surface area contributed by atoms with E-state index in [0.717, 1.165) is 0 Å². The van der Waals surface area contributed by atoms with Gasteiger partial charge in [0.2, 0.25) is 5.91 Å². The Morgan fingerprint density at radius 2 is 1.52 bits per heavy atom. The number of ether oxygens (including phenoxy) is 1. The summed E-state index contributed by atoms with van der Waals surface area (Å²) in [4.78, 5) is 37.1. The molecule has 0 saturated carbocycles. The lowest BCUT2D eigenvalue weighted by molar-refractivity contribution is -0.144. The van der Waals surface area contributed by atoms with Crippen molar-refractivity contribution in [2.24, 2.45) is 11.7 Å². The Labute approximate surface area is 157 Å². The van der Waals surface area contributed by atoms with Gasteiger partial charge in [0.1, 0.15) is 11.5 Å². The SMILES string of the molecule is NC(=O)C1CCN(C(=O)C(=O)Nc2ccc(Oc3ccccc3)cc2)CC1. The van der Waals surface area contributed by atoms with Crippen LogP contribution >= 0.6 is 0 Å². The number of piperidine rings is 1. The van der Waals surface area contributed by atoms with E-state index < -0.39 is 11.8 Å². The summed E-state index contributed by atoms with van der Waals surface area (Å²) in [6, 6.07) is 16.1. The van der Waals surface area contributed by atoms with Crippen molar-refractivity contribution in [1.29, 1.82) is 0 Å². The highest BCUT2D eigenvalue weighted by molar-refractivity contribution is 6.39. The second-order valence-electron chi connectivity index (χ2n) is 6.36. The van der Waals surface area contributed by atoms with E-state index in [4.69, 9.17) is 10.5 Å². The van der Waals surface area contributed by atoms with Crippen molar-refractivity contribution in [2.75, 3.05) is 18.4 Å². The molecule has 3 rings (SSSR count). The molecule has 0 atom stereocenters. The van der Waals surface area contributed by atoms with Crippen molar-refractivity contribution in [2.45, 2.75) is 12.8 Å². The number of hydrogen-bond acceptors (Lipinski definition) is 4. The van der Waals surface area contributed by atoms with Gasteiger partial charge in [-0.15, -0.1) is 0 Å². The number of carbonyl (C=O) groups excluding carboxylic acids is 3. The summed E-state index contributed by atoms with van der Waals surface area (Å²) in [5.41, 5.74) is 5.78. The van der Waals surface area contributed by atoms with Gasteiger partial charge in [-0.1, -0.05) is 18.2 Å². The maximum Gasteiger partial charge on any atom is 0.313 e. The lowest BCUT2D eigenvalue weighted by Gasteiger charge is -2.29. The molecule has 0 unspecified atom stereocenters. The molecule has 0 aromatic heterocycles. The number of hydrogen-bond donors (Lipinski definition) is 2. The number of nitrogens with one attached hydrogen (secondary N) is 1. The van der Waals surface area contributed by atoms with Gasteiger partial charge in [0, 0.05) is 24.7 Å². The standard InChI is InChI=1S/C20H21N3O4/c21-18(24)14-10-12-23(13-11-14)20(26)19(25)22-15-6-8-17(9-7-15)27-16-4-2-1-3-5-16/h1-9,14H,10-13H2,(H2,21,24)(H,22,25). The second kappa shape index (κ2) is 8.35. The maximum atomic E-state index is 12.3. The Morgan fingerprint density at radius 1 is 0.926 bits per heavy atom. The summed E-state index contributed by atoms with van der Waals surface area (Å²) in [7, 11) is 0. The van der Waals surface area contributed by atoms with Crippen LogP contribution in [0, 0.1) is 5.92 Å². The van der Waals surface area contributed by atoms with Gasteiger partial charge in [0.25, 0.3) is 0 Å². The molecule has 0 radical (unpaired) electrons. The van der Waals surface area contributed by atoms with Crippen LogP contribution in [0.5, 0.6) is 11.5 Å². The summed E-state index contributed by atoms with van der Waals surface area (Å²) >= 11 is 0. The quantitative estimate of drug-likeness (QED) is 0.808. The van der Waals surface area contributed by atoms with Crippen LogP contribution in [0.1, 0.15) is 12.8 Å². The monoisotopic (exact) mass is 367 g/mol. The third-order valence-corrected chi connectivity index (χ3v) is 4.47. The molecular formula is C20H21N3O4. The first-order valence-electron chi connectivity index (χ1n) is 8.75. The number of para-hydroxylation sites is 1. The third kappa shape index (κ3) is 4.84. The normalized spacial score (nSPS) is 14.4. The molecule has 3 amide bonds. The van der Waals surface area contributed by atoms with E-state index in [1.807, 2.05) is 30.3 Å². The fourth-order valence-electron chi connectivity index (χ4n) is 2.93. The average molecular weight is 367 g/mol. The molecule has 0 aliphatic carbocycles. The van der Waals surface area contributed by atoms with Crippen molar-refractivity contribution in [3.8, 4) is 11.5 Å². The minimum absolute atomic E-state index is 0.228. The fourth-order valence-corrected chi connectivity index (χ4v) is 2.93. The van der Waals surface area contributed by atoms with E-state index >= 15 is 0 Å². The van der Waals surface area contributed by atoms with Crippen LogP contribution in [0.2, 0.25) is 0 Å². The molecule has 1 saturated heterocycles. The van der Waals surface area contributed by atoms with Gasteiger partial charge in [-0.25, -0.2) is 0 Å². The zero-order chi connectivity index (χ0) is 19.2. The summed E-state index contributed by atoms with van der Waals surface area (Å²) < 4.78 is 5.68. The molecule has 2 aromatic rings. The smallest absolute Gasteiger partial charge is 0.313 e. The molecule has 27 heavy (non-hydrogen) atoms. The first-order chi connectivity index (χ1) is 13.0. The number of likely N-dealkylation sites (tertiary alicyclic amines) is 1. The number of benzene rings is 2. The number of nitrogens with two attached hydrogens (primary N) is 1. The van der Waals surface area contributed by atoms with E-state index in [0.29, 0.717) is 43.1 Å². The number of anilines is 1. The summed E-state index contributed by atoms with van der Waals surface area (Å²) in [5, 5.41) is 2.59. The third-order valence-electron chi connectivity index (χ3n) is 4.47. The van der Waals surface area contributed by atoms with Crippen LogP contribution in [0.15, 0.2) is 54.6 Å². The van der Waals surface area contributed by atoms with E-state index in [9.17, 15) is 14.4 Å². The summed E-state index contributed by atoms with van der Waals surface area (Å²) in [6.45, 7) is 0.702. The van der Waals surface area contributed by atoms with Gasteiger partial charge >= 0.3 is 11.8 Å². The Bertz CT molecular complexity index is 813. The lowest BCUT2D eigenvalue weighted by Crippen LogP contribution is -2.46. The molecular weight excluding hydrogens is 346 g/mol. The van der Waals surface area contributed by atoms with Crippen molar-refractivity contribution in [3.05, 3.63) is 54.6 Å². The number of amides is 3. The van der Waals surface area contributed by atoms with E-state index in [2.05, 4.69) is 5.32 Å². The molecule has 1 aliphatic rings. The van der Waals surface area contributed by atoms with Crippen LogP contribution < -0.4 is 15.8 Å². The van der Waals surface area contributed by atoms with Gasteiger partial charge < -0.3 is 20.7 Å². The Balaban J connectivity index is 1.53. The molecule has 1 aliphatic heterocycles. The molecule has 7 heteroatoms. The number of carbonyl (C=O) groups is 3. The van der Waals surface area contributed by atoms with E-state index in [-0.39, 0.29) is 11.8 Å². The predicted octanol–water partition coefficient (Wildman–Crippen LogP) is 2.14. The predicted molar refractivity (Wildman–Crippen MR) is 100 cm³/mol. The molecule has 7 nitrogen and oxygen atoms in total. The molecule has 2 aromatic carbocycles. The van der Waals surface area contributed by atoms with Crippen LogP contribution in [-0.4, -0.2) is 35.7 Å². The Kier molecular flexibility index (Phi) is 5.71.